The second kappa shape index (κ2) is 4.40. The van der Waals surface area contributed by atoms with Crippen LogP contribution in [0.2, 0.25) is 0 Å². The van der Waals surface area contributed by atoms with Crippen molar-refractivity contribution in [2.24, 2.45) is 5.73 Å². The first-order valence-electron chi connectivity index (χ1n) is 4.83. The normalized spacial score (nSPS) is 10.3. The molecule has 0 bridgehead atoms. The molecule has 0 atom stereocenters. The van der Waals surface area contributed by atoms with Gasteiger partial charge in [-0.3, -0.25) is 0 Å². The molecule has 1 aromatic carbocycles. The molecule has 16 heavy (non-hydrogen) atoms. The molecule has 0 radical (unpaired) electrons. The Morgan fingerprint density at radius 3 is 2.88 bits per heavy atom. The van der Waals surface area contributed by atoms with Crippen LogP contribution in [0.1, 0.15) is 11.5 Å². The molecular weight excluding hydrogens is 222 g/mol. The van der Waals surface area contributed by atoms with E-state index in [0.29, 0.717) is 23.1 Å². The van der Waals surface area contributed by atoms with Crippen LogP contribution in [0.15, 0.2) is 28.8 Å². The molecule has 1 heterocycles. The van der Waals surface area contributed by atoms with Crippen molar-refractivity contribution < 1.29 is 4.52 Å². The Hall–Kier alpha value is -1.75. The number of aryl methyl sites for hydroxylation is 1. The van der Waals surface area contributed by atoms with Crippen LogP contribution in [-0.2, 0) is 6.42 Å². The predicted octanol–water partition coefficient (Wildman–Crippen LogP) is 1.87. The lowest BCUT2D eigenvalue weighted by molar-refractivity contribution is 0.389. The second-order valence-electron chi connectivity index (χ2n) is 3.47. The van der Waals surface area contributed by atoms with E-state index in [4.69, 9.17) is 22.5 Å². The summed E-state index contributed by atoms with van der Waals surface area (Å²) >= 11 is 4.78. The molecule has 2 rings (SSSR count). The van der Waals surface area contributed by atoms with Crippen LogP contribution in [0.3, 0.4) is 0 Å². The molecule has 2 N–H and O–H groups in total. The molecule has 2 aromatic rings. The molecule has 0 unspecified atom stereocenters. The van der Waals surface area contributed by atoms with E-state index in [-0.39, 0.29) is 0 Å². The fourth-order valence-electron chi connectivity index (χ4n) is 1.41. The highest BCUT2D eigenvalue weighted by molar-refractivity contribution is 7.80. The minimum absolute atomic E-state index is 0.341. The van der Waals surface area contributed by atoms with Gasteiger partial charge in [-0.1, -0.05) is 41.6 Å². The summed E-state index contributed by atoms with van der Waals surface area (Å²) < 4.78 is 5.06. The van der Waals surface area contributed by atoms with Crippen molar-refractivity contribution in [3.63, 3.8) is 0 Å². The standard InChI is InChI=1S/C11H11N3OS/c1-7-4-2-3-5-8(7)11-13-10(15-14-11)6-9(12)16/h2-5H,6H2,1H3,(H2,12,16). The number of rotatable bonds is 3. The third-order valence-corrected chi connectivity index (χ3v) is 2.32. The SMILES string of the molecule is Cc1ccccc1-c1noc(CC(N)=S)n1. The maximum absolute atomic E-state index is 5.41. The van der Waals surface area contributed by atoms with Crippen molar-refractivity contribution in [1.82, 2.24) is 10.1 Å². The number of nitrogens with two attached hydrogens (primary N) is 1. The third-order valence-electron chi connectivity index (χ3n) is 2.18. The van der Waals surface area contributed by atoms with Crippen LogP contribution >= 0.6 is 12.2 Å². The summed E-state index contributed by atoms with van der Waals surface area (Å²) in [6, 6.07) is 7.85. The van der Waals surface area contributed by atoms with E-state index in [1.165, 1.54) is 0 Å². The van der Waals surface area contributed by atoms with Gasteiger partial charge in [0.15, 0.2) is 0 Å². The lowest BCUT2D eigenvalue weighted by atomic mass is 10.1. The average Bonchev–Trinajstić information content (AvgIpc) is 2.66. The van der Waals surface area contributed by atoms with Gasteiger partial charge in [-0.25, -0.2) is 0 Å². The van der Waals surface area contributed by atoms with Gasteiger partial charge in [0, 0.05) is 5.56 Å². The minimum atomic E-state index is 0.341. The molecule has 0 spiro atoms. The number of thiocarbonyl (C=S) groups is 1. The predicted molar refractivity (Wildman–Crippen MR) is 65.0 cm³/mol. The highest BCUT2D eigenvalue weighted by Gasteiger charge is 2.10. The van der Waals surface area contributed by atoms with Crippen LogP contribution in [-0.4, -0.2) is 15.1 Å². The monoisotopic (exact) mass is 233 g/mol. The average molecular weight is 233 g/mol. The van der Waals surface area contributed by atoms with Gasteiger partial charge < -0.3 is 10.3 Å². The van der Waals surface area contributed by atoms with E-state index in [1.54, 1.807) is 0 Å². The molecule has 0 amide bonds. The van der Waals surface area contributed by atoms with Crippen molar-refractivity contribution in [2.75, 3.05) is 0 Å². The first-order chi connectivity index (χ1) is 7.66. The van der Waals surface area contributed by atoms with Gasteiger partial charge in [0.05, 0.1) is 11.4 Å². The van der Waals surface area contributed by atoms with Crippen LogP contribution in [0.4, 0.5) is 0 Å². The van der Waals surface area contributed by atoms with Crippen molar-refractivity contribution in [1.29, 1.82) is 0 Å². The maximum atomic E-state index is 5.41. The summed E-state index contributed by atoms with van der Waals surface area (Å²) in [5.74, 6) is 1.02. The maximum Gasteiger partial charge on any atom is 0.233 e. The summed E-state index contributed by atoms with van der Waals surface area (Å²) in [7, 11) is 0. The summed E-state index contributed by atoms with van der Waals surface area (Å²) in [6.07, 6.45) is 0.341. The van der Waals surface area contributed by atoms with Gasteiger partial charge in [-0.15, -0.1) is 0 Å². The zero-order valence-electron chi connectivity index (χ0n) is 8.80. The van der Waals surface area contributed by atoms with E-state index >= 15 is 0 Å². The fraction of sp³-hybridized carbons (Fsp3) is 0.182. The molecule has 5 heteroatoms. The van der Waals surface area contributed by atoms with Gasteiger partial charge in [0.25, 0.3) is 0 Å². The van der Waals surface area contributed by atoms with Crippen molar-refractivity contribution in [3.8, 4) is 11.4 Å². The highest BCUT2D eigenvalue weighted by atomic mass is 32.1. The summed E-state index contributed by atoms with van der Waals surface area (Å²) in [5, 5.41) is 3.90. The van der Waals surface area contributed by atoms with Crippen LogP contribution in [0, 0.1) is 6.92 Å². The van der Waals surface area contributed by atoms with Crippen LogP contribution in [0.5, 0.6) is 0 Å². The number of hydrogen-bond acceptors (Lipinski definition) is 4. The molecular formula is C11H11N3OS. The molecule has 4 nitrogen and oxygen atoms in total. The molecule has 1 aromatic heterocycles. The largest absolute Gasteiger partial charge is 0.393 e. The van der Waals surface area contributed by atoms with Crippen LogP contribution < -0.4 is 5.73 Å². The molecule has 0 saturated carbocycles. The van der Waals surface area contributed by atoms with Gasteiger partial charge in [0.2, 0.25) is 11.7 Å². The Bertz CT molecular complexity index is 521. The fourth-order valence-corrected chi connectivity index (χ4v) is 1.53. The number of benzene rings is 1. The van der Waals surface area contributed by atoms with Crippen LogP contribution in [0.25, 0.3) is 11.4 Å². The van der Waals surface area contributed by atoms with Crippen molar-refractivity contribution >= 4 is 17.2 Å². The van der Waals surface area contributed by atoms with Gasteiger partial charge in [-0.05, 0) is 12.5 Å². The molecule has 0 fully saturated rings. The number of nitrogens with zero attached hydrogens (tertiary/aromatic N) is 2. The molecule has 82 valence electrons. The van der Waals surface area contributed by atoms with Gasteiger partial charge in [-0.2, -0.15) is 4.98 Å². The van der Waals surface area contributed by atoms with E-state index in [9.17, 15) is 0 Å². The Morgan fingerprint density at radius 1 is 1.44 bits per heavy atom. The van der Waals surface area contributed by atoms with E-state index < -0.39 is 0 Å². The lowest BCUT2D eigenvalue weighted by Crippen LogP contribution is -2.11. The minimum Gasteiger partial charge on any atom is -0.393 e. The Balaban J connectivity index is 2.32. The zero-order chi connectivity index (χ0) is 11.5. The number of aromatic nitrogens is 2. The van der Waals surface area contributed by atoms with Gasteiger partial charge >= 0.3 is 0 Å². The van der Waals surface area contributed by atoms with Gasteiger partial charge in [0.1, 0.15) is 0 Å². The zero-order valence-corrected chi connectivity index (χ0v) is 9.62. The smallest absolute Gasteiger partial charge is 0.233 e. The number of hydrogen-bond donors (Lipinski definition) is 1. The first-order valence-corrected chi connectivity index (χ1v) is 5.24. The van der Waals surface area contributed by atoms with Crippen molar-refractivity contribution in [3.05, 3.63) is 35.7 Å². The molecule has 0 saturated heterocycles. The van der Waals surface area contributed by atoms with Crippen molar-refractivity contribution in [2.45, 2.75) is 13.3 Å². The molecule has 0 aliphatic rings. The lowest BCUT2D eigenvalue weighted by Gasteiger charge is -1.97. The Kier molecular flexibility index (Phi) is 2.96. The van der Waals surface area contributed by atoms with E-state index in [1.807, 2.05) is 31.2 Å². The molecule has 0 aliphatic heterocycles. The summed E-state index contributed by atoms with van der Waals surface area (Å²) in [6.45, 7) is 2.00. The third kappa shape index (κ3) is 2.25. The Morgan fingerprint density at radius 2 is 2.19 bits per heavy atom. The Labute approximate surface area is 98.5 Å². The summed E-state index contributed by atoms with van der Waals surface area (Å²) in [5.41, 5.74) is 7.47. The topological polar surface area (TPSA) is 64.9 Å². The summed E-state index contributed by atoms with van der Waals surface area (Å²) in [4.78, 5) is 4.58. The first kappa shape index (κ1) is 10.8. The quantitative estimate of drug-likeness (QED) is 0.820. The van der Waals surface area contributed by atoms with E-state index in [2.05, 4.69) is 10.1 Å². The highest BCUT2D eigenvalue weighted by Crippen LogP contribution is 2.19. The second-order valence-corrected chi connectivity index (χ2v) is 3.99. The molecule has 0 aliphatic carbocycles. The van der Waals surface area contributed by atoms with E-state index in [0.717, 1.165) is 11.1 Å².